The van der Waals surface area contributed by atoms with Crippen LogP contribution >= 0.6 is 23.4 Å². The van der Waals surface area contributed by atoms with Crippen molar-refractivity contribution in [3.63, 3.8) is 0 Å². The molecule has 148 valence electrons. The quantitative estimate of drug-likeness (QED) is 0.376. The Hall–Kier alpha value is -1.90. The highest BCUT2D eigenvalue weighted by atomic mass is 35.5. The van der Waals surface area contributed by atoms with Gasteiger partial charge in [0.2, 0.25) is 0 Å². The van der Waals surface area contributed by atoms with E-state index in [0.717, 1.165) is 5.56 Å². The zero-order chi connectivity index (χ0) is 20.1. The van der Waals surface area contributed by atoms with Crippen molar-refractivity contribution in [2.45, 2.75) is 24.2 Å². The van der Waals surface area contributed by atoms with Crippen molar-refractivity contribution in [1.82, 2.24) is 14.9 Å². The summed E-state index contributed by atoms with van der Waals surface area (Å²) in [5, 5.41) is 0.568. The predicted molar refractivity (Wildman–Crippen MR) is 111 cm³/mol. The maximum Gasteiger partial charge on any atom is 0.274 e. The molecule has 9 heteroatoms. The predicted octanol–water partition coefficient (Wildman–Crippen LogP) is 3.24. The minimum atomic E-state index is -3.15. The van der Waals surface area contributed by atoms with Crippen LogP contribution in [0.25, 0.3) is 0 Å². The van der Waals surface area contributed by atoms with Crippen LogP contribution in [0.15, 0.2) is 54.3 Å². The molecule has 0 radical (unpaired) electrons. The monoisotopic (exact) mass is 437 g/mol. The van der Waals surface area contributed by atoms with Gasteiger partial charge in [-0.15, -0.1) is 6.58 Å². The molecule has 0 bridgehead atoms. The molecule has 1 aliphatic heterocycles. The van der Waals surface area contributed by atoms with E-state index < -0.39 is 15.9 Å². The maximum atomic E-state index is 13.3. The van der Waals surface area contributed by atoms with Crippen LogP contribution in [0, 0.1) is 0 Å². The lowest BCUT2D eigenvalue weighted by atomic mass is 10.1. The Kier molecular flexibility index (Phi) is 6.74. The standard InChI is InChI=1S/C19H20ClN3O3S2/c1-2-9-27-19-21-11-16(20)17(22-19)18(24)23(12-14-6-4-3-5-7-14)15-8-10-28(25,26)13-15/h2-7,11,15H,1,8-10,12-13H2/t15-/m0/s1. The number of carbonyl (C=O) groups excluding carboxylic acids is 1. The first-order valence-corrected chi connectivity index (χ1v) is 11.9. The highest BCUT2D eigenvalue weighted by molar-refractivity contribution is 7.99. The molecule has 0 saturated carbocycles. The van der Waals surface area contributed by atoms with Gasteiger partial charge in [0.1, 0.15) is 0 Å². The summed E-state index contributed by atoms with van der Waals surface area (Å²) in [4.78, 5) is 23.3. The molecule has 0 unspecified atom stereocenters. The first-order valence-electron chi connectivity index (χ1n) is 8.71. The number of amides is 1. The van der Waals surface area contributed by atoms with Gasteiger partial charge < -0.3 is 4.90 Å². The number of halogens is 1. The Labute approximate surface area is 173 Å². The fourth-order valence-electron chi connectivity index (χ4n) is 3.01. The molecule has 1 aromatic heterocycles. The molecule has 1 amide bonds. The molecule has 1 fully saturated rings. The summed E-state index contributed by atoms with van der Waals surface area (Å²) < 4.78 is 24.0. The maximum absolute atomic E-state index is 13.3. The summed E-state index contributed by atoms with van der Waals surface area (Å²) in [5.41, 5.74) is 0.995. The third-order valence-electron chi connectivity index (χ3n) is 4.36. The second-order valence-electron chi connectivity index (χ2n) is 6.42. The summed E-state index contributed by atoms with van der Waals surface area (Å²) in [6.45, 7) is 3.94. The van der Waals surface area contributed by atoms with Crippen molar-refractivity contribution in [2.75, 3.05) is 17.3 Å². The van der Waals surface area contributed by atoms with E-state index in [2.05, 4.69) is 16.5 Å². The van der Waals surface area contributed by atoms with Crippen LogP contribution in [-0.4, -0.2) is 52.5 Å². The summed E-state index contributed by atoms with van der Waals surface area (Å²) >= 11 is 7.56. The Balaban J connectivity index is 1.93. The van der Waals surface area contributed by atoms with Gasteiger partial charge in [-0.05, 0) is 12.0 Å². The molecular formula is C19H20ClN3O3S2. The highest BCUT2D eigenvalue weighted by Crippen LogP contribution is 2.25. The largest absolute Gasteiger partial charge is 0.329 e. The number of sulfone groups is 1. The molecule has 1 aliphatic rings. The molecule has 2 aromatic rings. The van der Waals surface area contributed by atoms with Crippen molar-refractivity contribution in [3.05, 3.63) is 65.5 Å². The molecule has 6 nitrogen and oxygen atoms in total. The van der Waals surface area contributed by atoms with Crippen LogP contribution in [0.3, 0.4) is 0 Å². The zero-order valence-corrected chi connectivity index (χ0v) is 17.5. The third kappa shape index (κ3) is 5.12. The molecule has 0 aliphatic carbocycles. The van der Waals surface area contributed by atoms with Crippen LogP contribution in [0.4, 0.5) is 0 Å². The Morgan fingerprint density at radius 2 is 2.11 bits per heavy atom. The molecule has 1 aromatic carbocycles. The van der Waals surface area contributed by atoms with Gasteiger partial charge >= 0.3 is 0 Å². The van der Waals surface area contributed by atoms with Gasteiger partial charge in [0.05, 0.1) is 22.7 Å². The summed E-state index contributed by atoms with van der Waals surface area (Å²) in [6, 6.07) is 9.04. The first kappa shape index (κ1) is 20.8. The van der Waals surface area contributed by atoms with Gasteiger partial charge in [-0.3, -0.25) is 4.79 Å². The summed E-state index contributed by atoms with van der Waals surface area (Å²) in [5.74, 6) is 0.239. The van der Waals surface area contributed by atoms with Crippen molar-refractivity contribution < 1.29 is 13.2 Å². The van der Waals surface area contributed by atoms with Crippen molar-refractivity contribution in [3.8, 4) is 0 Å². The van der Waals surface area contributed by atoms with E-state index in [0.29, 0.717) is 17.3 Å². The van der Waals surface area contributed by atoms with Gasteiger partial charge in [-0.1, -0.05) is 59.8 Å². The van der Waals surface area contributed by atoms with Gasteiger partial charge in [0, 0.05) is 18.3 Å². The molecule has 2 heterocycles. The zero-order valence-electron chi connectivity index (χ0n) is 15.1. The fourth-order valence-corrected chi connectivity index (χ4v) is 5.46. The lowest BCUT2D eigenvalue weighted by Crippen LogP contribution is -2.41. The van der Waals surface area contributed by atoms with Gasteiger partial charge in [0.15, 0.2) is 20.7 Å². The smallest absolute Gasteiger partial charge is 0.274 e. The van der Waals surface area contributed by atoms with E-state index in [1.165, 1.54) is 18.0 Å². The topological polar surface area (TPSA) is 80.2 Å². The molecule has 3 rings (SSSR count). The minimum Gasteiger partial charge on any atom is -0.329 e. The van der Waals surface area contributed by atoms with Crippen molar-refractivity contribution >= 4 is 39.1 Å². The number of aromatic nitrogens is 2. The van der Waals surface area contributed by atoms with Gasteiger partial charge in [-0.2, -0.15) is 0 Å². The molecule has 28 heavy (non-hydrogen) atoms. The van der Waals surface area contributed by atoms with E-state index in [9.17, 15) is 13.2 Å². The SMILES string of the molecule is C=CCSc1ncc(Cl)c(C(=O)N(Cc2ccccc2)[C@H]2CCS(=O)(=O)C2)n1. The number of hydrogen-bond acceptors (Lipinski definition) is 6. The Morgan fingerprint density at radius 3 is 2.75 bits per heavy atom. The van der Waals surface area contributed by atoms with Crippen LogP contribution in [-0.2, 0) is 16.4 Å². The number of carbonyl (C=O) groups is 1. The van der Waals surface area contributed by atoms with Gasteiger partial charge in [-0.25, -0.2) is 18.4 Å². The van der Waals surface area contributed by atoms with Crippen LogP contribution < -0.4 is 0 Å². The molecule has 0 spiro atoms. The highest BCUT2D eigenvalue weighted by Gasteiger charge is 2.36. The number of benzene rings is 1. The van der Waals surface area contributed by atoms with Crippen molar-refractivity contribution in [2.24, 2.45) is 0 Å². The molecule has 0 N–H and O–H groups in total. The molecule has 1 saturated heterocycles. The third-order valence-corrected chi connectivity index (χ3v) is 7.24. The summed E-state index contributed by atoms with van der Waals surface area (Å²) in [6.07, 6.45) is 3.52. The van der Waals surface area contributed by atoms with Crippen LogP contribution in [0.2, 0.25) is 5.02 Å². The van der Waals surface area contributed by atoms with E-state index in [-0.39, 0.29) is 34.7 Å². The molecule has 1 atom stereocenters. The Morgan fingerprint density at radius 1 is 1.36 bits per heavy atom. The average Bonchev–Trinajstić information content (AvgIpc) is 3.05. The van der Waals surface area contributed by atoms with E-state index in [4.69, 9.17) is 11.6 Å². The lowest BCUT2D eigenvalue weighted by molar-refractivity contribution is 0.0674. The van der Waals surface area contributed by atoms with E-state index in [1.807, 2.05) is 30.3 Å². The Bertz CT molecular complexity index is 968. The average molecular weight is 438 g/mol. The fraction of sp³-hybridized carbons (Fsp3) is 0.316. The van der Waals surface area contributed by atoms with Crippen LogP contribution in [0.5, 0.6) is 0 Å². The number of rotatable bonds is 7. The van der Waals surface area contributed by atoms with Crippen LogP contribution in [0.1, 0.15) is 22.5 Å². The van der Waals surface area contributed by atoms with Crippen molar-refractivity contribution in [1.29, 1.82) is 0 Å². The molecular weight excluding hydrogens is 418 g/mol. The number of nitrogens with zero attached hydrogens (tertiary/aromatic N) is 3. The summed E-state index contributed by atoms with van der Waals surface area (Å²) in [7, 11) is -3.15. The lowest BCUT2D eigenvalue weighted by Gasteiger charge is -2.28. The minimum absolute atomic E-state index is 0.0493. The second-order valence-corrected chi connectivity index (χ2v) is 10.0. The number of thioether (sulfide) groups is 1. The number of hydrogen-bond donors (Lipinski definition) is 0. The normalized spacial score (nSPS) is 18.0. The van der Waals surface area contributed by atoms with Gasteiger partial charge in [0.25, 0.3) is 5.91 Å². The van der Waals surface area contributed by atoms with E-state index in [1.54, 1.807) is 11.0 Å². The second kappa shape index (κ2) is 9.07. The van der Waals surface area contributed by atoms with E-state index >= 15 is 0 Å². The first-order chi connectivity index (χ1) is 13.4.